The third-order valence-electron chi connectivity index (χ3n) is 3.09. The first kappa shape index (κ1) is 15.2. The Hall–Kier alpha value is -1.70. The van der Waals surface area contributed by atoms with Crippen molar-refractivity contribution in [3.05, 3.63) is 36.0 Å². The van der Waals surface area contributed by atoms with Crippen LogP contribution < -0.4 is 10.5 Å². The number of thioether (sulfide) groups is 1. The summed E-state index contributed by atoms with van der Waals surface area (Å²) in [4.78, 5) is 10.2. The first-order valence-corrected chi connectivity index (χ1v) is 8.74. The van der Waals surface area contributed by atoms with E-state index >= 15 is 0 Å². The van der Waals surface area contributed by atoms with Crippen molar-refractivity contribution in [3.63, 3.8) is 0 Å². The molecular weight excluding hydrogens is 334 g/mol. The third-order valence-corrected chi connectivity index (χ3v) is 5.34. The van der Waals surface area contributed by atoms with Crippen molar-refractivity contribution >= 4 is 50.5 Å². The van der Waals surface area contributed by atoms with Gasteiger partial charge in [0, 0.05) is 16.7 Å². The maximum absolute atomic E-state index is 5.60. The summed E-state index contributed by atoms with van der Waals surface area (Å²) < 4.78 is 5.21. The molecule has 0 saturated heterocycles. The van der Waals surface area contributed by atoms with Gasteiger partial charge in [0.25, 0.3) is 0 Å². The molecular formula is C15H13N3OS3. The highest BCUT2D eigenvalue weighted by Crippen LogP contribution is 2.38. The number of ether oxygens (including phenoxy) is 1. The van der Waals surface area contributed by atoms with Crippen LogP contribution in [0, 0.1) is 0 Å². The van der Waals surface area contributed by atoms with Crippen LogP contribution in [0.3, 0.4) is 0 Å². The normalized spacial score (nSPS) is 10.8. The number of hydrogen-bond donors (Lipinski definition) is 1. The number of rotatable bonds is 5. The Morgan fingerprint density at radius 2 is 2.09 bits per heavy atom. The first-order valence-electron chi connectivity index (χ1n) is 6.47. The van der Waals surface area contributed by atoms with Crippen molar-refractivity contribution < 1.29 is 4.74 Å². The van der Waals surface area contributed by atoms with Crippen LogP contribution in [0.5, 0.6) is 5.75 Å². The Bertz CT molecular complexity index is 815. The highest BCUT2D eigenvalue weighted by atomic mass is 32.2. The van der Waals surface area contributed by atoms with Gasteiger partial charge >= 0.3 is 0 Å². The highest BCUT2D eigenvalue weighted by Gasteiger charge is 2.13. The third kappa shape index (κ3) is 3.06. The minimum absolute atomic E-state index is 0.470. The predicted molar refractivity (Wildman–Crippen MR) is 96.9 cm³/mol. The number of aromatic nitrogens is 2. The van der Waals surface area contributed by atoms with Gasteiger partial charge < -0.3 is 10.5 Å². The number of hydrogen-bond acceptors (Lipinski definition) is 6. The summed E-state index contributed by atoms with van der Waals surface area (Å²) in [6, 6.07) is 7.97. The zero-order valence-electron chi connectivity index (χ0n) is 11.8. The van der Waals surface area contributed by atoms with Crippen LogP contribution in [0.15, 0.2) is 41.0 Å². The first-order chi connectivity index (χ1) is 10.7. The molecule has 0 saturated carbocycles. The number of fused-ring (bicyclic) bond motifs is 1. The van der Waals surface area contributed by atoms with Gasteiger partial charge in [0.2, 0.25) is 0 Å². The summed E-state index contributed by atoms with van der Waals surface area (Å²) in [6.45, 7) is 0. The summed E-state index contributed by atoms with van der Waals surface area (Å²) in [5.41, 5.74) is 7.83. The van der Waals surface area contributed by atoms with E-state index in [1.54, 1.807) is 36.5 Å². The van der Waals surface area contributed by atoms with Crippen LogP contribution in [-0.2, 0) is 0 Å². The Kier molecular flexibility index (Phi) is 4.56. The molecule has 0 aliphatic heterocycles. The summed E-state index contributed by atoms with van der Waals surface area (Å²) >= 11 is 8.10. The van der Waals surface area contributed by atoms with Crippen LogP contribution in [0.4, 0.5) is 0 Å². The average Bonchev–Trinajstić information content (AvgIpc) is 2.97. The standard InChI is InChI=1S/C15H13N3OS3/c1-19-10-4-2-9(3-5-10)11-6-21-14-13(11)15(18-8-17-14)22-7-12(16)20/h2-6,8H,7H2,1H3,(H2,16,20). The minimum Gasteiger partial charge on any atom is -0.497 e. The Balaban J connectivity index is 2.07. The Labute approximate surface area is 141 Å². The highest BCUT2D eigenvalue weighted by molar-refractivity contribution is 8.01. The molecule has 7 heteroatoms. The molecule has 0 spiro atoms. The van der Waals surface area contributed by atoms with Gasteiger partial charge in [0.1, 0.15) is 21.9 Å². The average molecular weight is 347 g/mol. The molecule has 3 rings (SSSR count). The van der Waals surface area contributed by atoms with Gasteiger partial charge in [-0.1, -0.05) is 36.1 Å². The zero-order chi connectivity index (χ0) is 15.5. The van der Waals surface area contributed by atoms with E-state index in [1.165, 1.54) is 0 Å². The van der Waals surface area contributed by atoms with Crippen LogP contribution in [0.2, 0.25) is 0 Å². The van der Waals surface area contributed by atoms with Gasteiger partial charge in [-0.15, -0.1) is 11.3 Å². The molecule has 112 valence electrons. The van der Waals surface area contributed by atoms with E-state index in [9.17, 15) is 0 Å². The fourth-order valence-corrected chi connectivity index (χ4v) is 3.99. The lowest BCUT2D eigenvalue weighted by molar-refractivity contribution is 0.415. The number of thiocarbonyl (C=S) groups is 1. The Morgan fingerprint density at radius 1 is 1.32 bits per heavy atom. The van der Waals surface area contributed by atoms with Crippen molar-refractivity contribution in [2.75, 3.05) is 12.9 Å². The maximum atomic E-state index is 5.60. The van der Waals surface area contributed by atoms with E-state index in [1.807, 2.05) is 24.3 Å². The van der Waals surface area contributed by atoms with E-state index < -0.39 is 0 Å². The van der Waals surface area contributed by atoms with Crippen LogP contribution >= 0.6 is 35.3 Å². The molecule has 0 aliphatic carbocycles. The van der Waals surface area contributed by atoms with Gasteiger partial charge in [-0.05, 0) is 17.7 Å². The molecule has 2 heterocycles. The number of nitrogens with two attached hydrogens (primary N) is 1. The van der Waals surface area contributed by atoms with E-state index in [4.69, 9.17) is 22.7 Å². The fraction of sp³-hybridized carbons (Fsp3) is 0.133. The molecule has 0 fully saturated rings. The lowest BCUT2D eigenvalue weighted by atomic mass is 10.1. The summed E-state index contributed by atoms with van der Waals surface area (Å²) in [5, 5.41) is 4.06. The van der Waals surface area contributed by atoms with E-state index in [0.29, 0.717) is 10.7 Å². The van der Waals surface area contributed by atoms with Gasteiger partial charge in [0.15, 0.2) is 0 Å². The lowest BCUT2D eigenvalue weighted by Gasteiger charge is -2.05. The second-order valence-corrected chi connectivity index (χ2v) is 6.84. The topological polar surface area (TPSA) is 61.0 Å². The van der Waals surface area contributed by atoms with Gasteiger partial charge in [-0.25, -0.2) is 9.97 Å². The van der Waals surface area contributed by atoms with E-state index in [2.05, 4.69) is 15.3 Å². The van der Waals surface area contributed by atoms with Gasteiger partial charge in [-0.3, -0.25) is 0 Å². The van der Waals surface area contributed by atoms with Gasteiger partial charge in [0.05, 0.1) is 17.5 Å². The molecule has 0 unspecified atom stereocenters. The van der Waals surface area contributed by atoms with Crippen molar-refractivity contribution in [1.29, 1.82) is 0 Å². The second-order valence-electron chi connectivity index (χ2n) is 4.49. The SMILES string of the molecule is COc1ccc(-c2csc3ncnc(SCC(N)=S)c23)cc1. The number of benzene rings is 1. The van der Waals surface area contributed by atoms with Crippen LogP contribution in [0.1, 0.15) is 0 Å². The number of thiophene rings is 1. The fourth-order valence-electron chi connectivity index (χ4n) is 2.08. The summed E-state index contributed by atoms with van der Waals surface area (Å²) in [5.74, 6) is 1.40. The lowest BCUT2D eigenvalue weighted by Crippen LogP contribution is -2.10. The van der Waals surface area contributed by atoms with Crippen molar-refractivity contribution in [1.82, 2.24) is 9.97 Å². The molecule has 0 amide bonds. The second kappa shape index (κ2) is 6.60. The van der Waals surface area contributed by atoms with E-state index in [0.717, 1.165) is 32.1 Å². The van der Waals surface area contributed by atoms with Crippen LogP contribution in [0.25, 0.3) is 21.3 Å². The van der Waals surface area contributed by atoms with Crippen LogP contribution in [-0.4, -0.2) is 27.8 Å². The monoisotopic (exact) mass is 347 g/mol. The van der Waals surface area contributed by atoms with E-state index in [-0.39, 0.29) is 0 Å². The molecule has 2 aromatic heterocycles. The molecule has 4 nitrogen and oxygen atoms in total. The molecule has 0 radical (unpaired) electrons. The van der Waals surface area contributed by atoms with Crippen molar-refractivity contribution in [2.24, 2.45) is 5.73 Å². The molecule has 0 atom stereocenters. The molecule has 22 heavy (non-hydrogen) atoms. The number of methoxy groups -OCH3 is 1. The summed E-state index contributed by atoms with van der Waals surface area (Å²) in [6.07, 6.45) is 1.58. The molecule has 0 bridgehead atoms. The Morgan fingerprint density at radius 3 is 2.77 bits per heavy atom. The molecule has 0 aliphatic rings. The molecule has 1 aromatic carbocycles. The van der Waals surface area contributed by atoms with Gasteiger partial charge in [-0.2, -0.15) is 0 Å². The zero-order valence-corrected chi connectivity index (χ0v) is 14.2. The molecule has 2 N–H and O–H groups in total. The quantitative estimate of drug-likeness (QED) is 0.431. The largest absolute Gasteiger partial charge is 0.497 e. The smallest absolute Gasteiger partial charge is 0.128 e. The van der Waals surface area contributed by atoms with Crippen molar-refractivity contribution in [2.45, 2.75) is 5.03 Å². The minimum atomic E-state index is 0.470. The maximum Gasteiger partial charge on any atom is 0.128 e. The summed E-state index contributed by atoms with van der Waals surface area (Å²) in [7, 11) is 1.66. The number of nitrogens with zero attached hydrogens (tertiary/aromatic N) is 2. The predicted octanol–water partition coefficient (Wildman–Crippen LogP) is 3.75. The van der Waals surface area contributed by atoms with Crippen molar-refractivity contribution in [3.8, 4) is 16.9 Å². The molecule has 3 aromatic rings.